The highest BCUT2D eigenvalue weighted by Crippen LogP contribution is 2.12. The smallest absolute Gasteiger partial charge is 0.119 e. The zero-order valence-electron chi connectivity index (χ0n) is 10.5. The third kappa shape index (κ3) is 5.68. The van der Waals surface area contributed by atoms with E-state index in [4.69, 9.17) is 9.47 Å². The van der Waals surface area contributed by atoms with Gasteiger partial charge in [-0.1, -0.05) is 12.1 Å². The van der Waals surface area contributed by atoms with Crippen LogP contribution in [0.5, 0.6) is 5.75 Å². The van der Waals surface area contributed by atoms with E-state index in [1.807, 2.05) is 24.3 Å². The van der Waals surface area contributed by atoms with Crippen LogP contribution in [-0.4, -0.2) is 45.1 Å². The SMILES string of the molecule is CNCC(O)COc1ccc(CCOC)cc1. The number of ether oxygens (including phenoxy) is 2. The molecule has 0 saturated carbocycles. The van der Waals surface area contributed by atoms with Crippen LogP contribution in [-0.2, 0) is 11.2 Å². The van der Waals surface area contributed by atoms with E-state index in [0.29, 0.717) is 13.2 Å². The Morgan fingerprint density at radius 3 is 2.59 bits per heavy atom. The Bertz CT molecular complexity index is 300. The van der Waals surface area contributed by atoms with Crippen molar-refractivity contribution in [1.82, 2.24) is 5.32 Å². The Kier molecular flexibility index (Phi) is 6.62. The average Bonchev–Trinajstić information content (AvgIpc) is 2.35. The quantitative estimate of drug-likeness (QED) is 0.705. The van der Waals surface area contributed by atoms with Crippen LogP contribution < -0.4 is 10.1 Å². The van der Waals surface area contributed by atoms with Crippen molar-refractivity contribution in [2.75, 3.05) is 33.9 Å². The van der Waals surface area contributed by atoms with Gasteiger partial charge in [-0.25, -0.2) is 0 Å². The summed E-state index contributed by atoms with van der Waals surface area (Å²) in [4.78, 5) is 0. The molecule has 1 atom stereocenters. The van der Waals surface area contributed by atoms with Crippen molar-refractivity contribution in [3.8, 4) is 5.75 Å². The number of aliphatic hydroxyl groups excluding tert-OH is 1. The molecule has 0 aliphatic rings. The molecule has 1 rings (SSSR count). The number of nitrogens with one attached hydrogen (secondary N) is 1. The highest BCUT2D eigenvalue weighted by molar-refractivity contribution is 5.27. The fourth-order valence-corrected chi connectivity index (χ4v) is 1.46. The van der Waals surface area contributed by atoms with Gasteiger partial charge in [0.25, 0.3) is 0 Å². The Morgan fingerprint density at radius 1 is 1.29 bits per heavy atom. The van der Waals surface area contributed by atoms with Crippen molar-refractivity contribution < 1.29 is 14.6 Å². The van der Waals surface area contributed by atoms with Crippen LogP contribution >= 0.6 is 0 Å². The predicted molar refractivity (Wildman–Crippen MR) is 67.5 cm³/mol. The van der Waals surface area contributed by atoms with Gasteiger partial charge in [0.05, 0.1) is 6.61 Å². The molecule has 0 fully saturated rings. The summed E-state index contributed by atoms with van der Waals surface area (Å²) in [6.07, 6.45) is 0.423. The number of hydrogen-bond donors (Lipinski definition) is 2. The second-order valence-corrected chi connectivity index (χ2v) is 3.91. The topological polar surface area (TPSA) is 50.7 Å². The summed E-state index contributed by atoms with van der Waals surface area (Å²) in [7, 11) is 3.49. The van der Waals surface area contributed by atoms with Crippen LogP contribution in [0.15, 0.2) is 24.3 Å². The van der Waals surface area contributed by atoms with E-state index in [0.717, 1.165) is 18.8 Å². The van der Waals surface area contributed by atoms with Gasteiger partial charge in [0.1, 0.15) is 18.5 Å². The van der Waals surface area contributed by atoms with Crippen molar-refractivity contribution in [2.45, 2.75) is 12.5 Å². The summed E-state index contributed by atoms with van der Waals surface area (Å²) in [6, 6.07) is 7.85. The summed E-state index contributed by atoms with van der Waals surface area (Å²) in [5.41, 5.74) is 1.22. The van der Waals surface area contributed by atoms with Gasteiger partial charge in [-0.15, -0.1) is 0 Å². The molecule has 1 aromatic rings. The molecule has 96 valence electrons. The van der Waals surface area contributed by atoms with E-state index in [1.54, 1.807) is 14.2 Å². The maximum Gasteiger partial charge on any atom is 0.119 e. The van der Waals surface area contributed by atoms with Crippen molar-refractivity contribution in [3.05, 3.63) is 29.8 Å². The normalized spacial score (nSPS) is 12.4. The standard InChI is InChI=1S/C13H21NO3/c1-14-9-12(15)10-17-13-5-3-11(4-6-13)7-8-16-2/h3-6,12,14-15H,7-10H2,1-2H3. The summed E-state index contributed by atoms with van der Waals surface area (Å²) >= 11 is 0. The molecule has 0 heterocycles. The van der Waals surface area contributed by atoms with Gasteiger partial charge < -0.3 is 19.9 Å². The third-order valence-corrected chi connectivity index (χ3v) is 2.40. The van der Waals surface area contributed by atoms with Gasteiger partial charge in [0.15, 0.2) is 0 Å². The lowest BCUT2D eigenvalue weighted by atomic mass is 10.1. The molecule has 1 aromatic carbocycles. The van der Waals surface area contributed by atoms with E-state index >= 15 is 0 Å². The van der Waals surface area contributed by atoms with E-state index in [9.17, 15) is 5.11 Å². The van der Waals surface area contributed by atoms with E-state index in [-0.39, 0.29) is 0 Å². The molecule has 17 heavy (non-hydrogen) atoms. The number of hydrogen-bond acceptors (Lipinski definition) is 4. The van der Waals surface area contributed by atoms with Crippen molar-refractivity contribution in [2.24, 2.45) is 0 Å². The lowest BCUT2D eigenvalue weighted by molar-refractivity contribution is 0.108. The molecule has 2 N–H and O–H groups in total. The Balaban J connectivity index is 2.34. The van der Waals surface area contributed by atoms with Crippen LogP contribution in [0, 0.1) is 0 Å². The Hall–Kier alpha value is -1.10. The van der Waals surface area contributed by atoms with Crippen LogP contribution in [0.25, 0.3) is 0 Å². The molecule has 4 nitrogen and oxygen atoms in total. The molecule has 0 aliphatic heterocycles. The first-order valence-corrected chi connectivity index (χ1v) is 5.79. The predicted octanol–water partition coefficient (Wildman–Crippen LogP) is 0.835. The molecule has 0 bridgehead atoms. The van der Waals surface area contributed by atoms with Crippen LogP contribution in [0.1, 0.15) is 5.56 Å². The maximum absolute atomic E-state index is 9.48. The molecule has 0 radical (unpaired) electrons. The van der Waals surface area contributed by atoms with Crippen LogP contribution in [0.4, 0.5) is 0 Å². The molecular formula is C13H21NO3. The van der Waals surface area contributed by atoms with Gasteiger partial charge in [-0.3, -0.25) is 0 Å². The molecule has 1 unspecified atom stereocenters. The molecule has 4 heteroatoms. The van der Waals surface area contributed by atoms with E-state index in [1.165, 1.54) is 5.56 Å². The number of rotatable bonds is 8. The minimum atomic E-state index is -0.479. The molecule has 0 saturated heterocycles. The number of aliphatic hydroxyl groups is 1. The second-order valence-electron chi connectivity index (χ2n) is 3.91. The van der Waals surface area contributed by atoms with Crippen LogP contribution in [0.2, 0.25) is 0 Å². The highest BCUT2D eigenvalue weighted by Gasteiger charge is 2.03. The number of benzene rings is 1. The second kappa shape index (κ2) is 8.06. The summed E-state index contributed by atoms with van der Waals surface area (Å²) < 4.78 is 10.5. The van der Waals surface area contributed by atoms with E-state index in [2.05, 4.69) is 5.32 Å². The summed E-state index contributed by atoms with van der Waals surface area (Å²) in [6.45, 7) is 1.56. The summed E-state index contributed by atoms with van der Waals surface area (Å²) in [5, 5.41) is 12.4. The first-order chi connectivity index (χ1) is 8.26. The lowest BCUT2D eigenvalue weighted by Gasteiger charge is -2.12. The first kappa shape index (κ1) is 14.0. The first-order valence-electron chi connectivity index (χ1n) is 5.79. The lowest BCUT2D eigenvalue weighted by Crippen LogP contribution is -2.29. The number of methoxy groups -OCH3 is 1. The fourth-order valence-electron chi connectivity index (χ4n) is 1.46. The zero-order chi connectivity index (χ0) is 12.5. The van der Waals surface area contributed by atoms with Crippen molar-refractivity contribution in [3.63, 3.8) is 0 Å². The van der Waals surface area contributed by atoms with Gasteiger partial charge in [-0.2, -0.15) is 0 Å². The molecule has 0 spiro atoms. The van der Waals surface area contributed by atoms with Gasteiger partial charge >= 0.3 is 0 Å². The molecule has 0 amide bonds. The largest absolute Gasteiger partial charge is 0.491 e. The maximum atomic E-state index is 9.48. The summed E-state index contributed by atoms with van der Waals surface area (Å²) in [5.74, 6) is 0.779. The van der Waals surface area contributed by atoms with E-state index < -0.39 is 6.10 Å². The third-order valence-electron chi connectivity index (χ3n) is 2.40. The van der Waals surface area contributed by atoms with Crippen molar-refractivity contribution in [1.29, 1.82) is 0 Å². The van der Waals surface area contributed by atoms with Gasteiger partial charge in [0, 0.05) is 13.7 Å². The minimum absolute atomic E-state index is 0.304. The Labute approximate surface area is 103 Å². The van der Waals surface area contributed by atoms with Gasteiger partial charge in [-0.05, 0) is 31.2 Å². The molecule has 0 aliphatic carbocycles. The fraction of sp³-hybridized carbons (Fsp3) is 0.538. The molecular weight excluding hydrogens is 218 g/mol. The molecule has 0 aromatic heterocycles. The van der Waals surface area contributed by atoms with Crippen molar-refractivity contribution >= 4 is 0 Å². The average molecular weight is 239 g/mol. The number of likely N-dealkylation sites (N-methyl/N-ethyl adjacent to an activating group) is 1. The highest BCUT2D eigenvalue weighted by atomic mass is 16.5. The zero-order valence-corrected chi connectivity index (χ0v) is 10.5. The Morgan fingerprint density at radius 2 is 2.00 bits per heavy atom. The minimum Gasteiger partial charge on any atom is -0.491 e. The van der Waals surface area contributed by atoms with Gasteiger partial charge in [0.2, 0.25) is 0 Å². The monoisotopic (exact) mass is 239 g/mol. The van der Waals surface area contributed by atoms with Crippen LogP contribution in [0.3, 0.4) is 0 Å².